The average molecular weight is 321 g/mol. The topological polar surface area (TPSA) is 59.8 Å². The molecule has 0 bridgehead atoms. The molecule has 0 saturated heterocycles. The highest BCUT2D eigenvalue weighted by Crippen LogP contribution is 2.28. The number of carbonyl (C=O) groups is 1. The third-order valence-electron chi connectivity index (χ3n) is 3.01. The number of halogens is 1. The van der Waals surface area contributed by atoms with Crippen LogP contribution in [0.5, 0.6) is 0 Å². The fourth-order valence-corrected chi connectivity index (χ4v) is 3.22. The van der Waals surface area contributed by atoms with E-state index in [9.17, 15) is 4.79 Å². The van der Waals surface area contributed by atoms with Crippen LogP contribution in [0.2, 0.25) is 5.02 Å². The molecule has 0 fully saturated rings. The van der Waals surface area contributed by atoms with E-state index in [-0.39, 0.29) is 5.91 Å². The van der Waals surface area contributed by atoms with Crippen LogP contribution in [0.4, 0.5) is 5.13 Å². The van der Waals surface area contributed by atoms with Crippen molar-refractivity contribution in [1.29, 1.82) is 0 Å². The zero-order valence-corrected chi connectivity index (χ0v) is 13.1. The minimum Gasteiger partial charge on any atom is -0.296 e. The van der Waals surface area contributed by atoms with Gasteiger partial charge in [0.2, 0.25) is 0 Å². The van der Waals surface area contributed by atoms with E-state index in [2.05, 4.69) is 15.4 Å². The number of anilines is 1. The highest BCUT2D eigenvalue weighted by atomic mass is 35.5. The van der Waals surface area contributed by atoms with Crippen molar-refractivity contribution >= 4 is 44.2 Å². The van der Waals surface area contributed by atoms with E-state index in [1.807, 2.05) is 26.0 Å². The van der Waals surface area contributed by atoms with Crippen molar-refractivity contribution in [3.8, 4) is 0 Å². The predicted molar refractivity (Wildman–Crippen MR) is 85.2 cm³/mol. The summed E-state index contributed by atoms with van der Waals surface area (Å²) >= 11 is 7.35. The Labute approximate surface area is 130 Å². The fraction of sp³-hybridized carbons (Fsp3) is 0.214. The van der Waals surface area contributed by atoms with Crippen molar-refractivity contribution in [3.63, 3.8) is 0 Å². The number of nitrogens with zero attached hydrogens (tertiary/aromatic N) is 3. The lowest BCUT2D eigenvalue weighted by atomic mass is 10.3. The predicted octanol–water partition coefficient (Wildman–Crippen LogP) is 3.73. The molecule has 0 aliphatic carbocycles. The molecule has 5 nitrogen and oxygen atoms in total. The first-order valence-electron chi connectivity index (χ1n) is 6.48. The second-order valence-corrected chi connectivity index (χ2v) is 6.04. The highest BCUT2D eigenvalue weighted by molar-refractivity contribution is 7.22. The normalized spacial score (nSPS) is 11.0. The minimum absolute atomic E-state index is 0.206. The second kappa shape index (κ2) is 5.46. The quantitative estimate of drug-likeness (QED) is 0.800. The molecule has 0 saturated carbocycles. The maximum Gasteiger partial charge on any atom is 0.275 e. The van der Waals surface area contributed by atoms with E-state index in [1.54, 1.807) is 16.8 Å². The molecule has 0 spiro atoms. The highest BCUT2D eigenvalue weighted by Gasteiger charge is 2.15. The van der Waals surface area contributed by atoms with Gasteiger partial charge in [0.15, 0.2) is 5.13 Å². The lowest BCUT2D eigenvalue weighted by molar-refractivity contribution is 0.101. The third-order valence-corrected chi connectivity index (χ3v) is 4.17. The summed E-state index contributed by atoms with van der Waals surface area (Å²) in [6.07, 6.45) is 0. The van der Waals surface area contributed by atoms with Gasteiger partial charge < -0.3 is 0 Å². The van der Waals surface area contributed by atoms with E-state index >= 15 is 0 Å². The molecule has 1 N–H and O–H groups in total. The van der Waals surface area contributed by atoms with E-state index in [0.717, 1.165) is 15.9 Å². The summed E-state index contributed by atoms with van der Waals surface area (Å²) in [6.45, 7) is 4.46. The number of benzene rings is 1. The summed E-state index contributed by atoms with van der Waals surface area (Å²) < 4.78 is 2.62. The maximum atomic E-state index is 12.3. The van der Waals surface area contributed by atoms with Crippen LogP contribution in [0.15, 0.2) is 24.3 Å². The van der Waals surface area contributed by atoms with Crippen LogP contribution in [-0.4, -0.2) is 20.7 Å². The molecule has 0 aliphatic heterocycles. The molecule has 7 heteroatoms. The molecule has 3 rings (SSSR count). The first-order chi connectivity index (χ1) is 10.1. The number of amides is 1. The summed E-state index contributed by atoms with van der Waals surface area (Å²) in [5.41, 5.74) is 2.17. The maximum absolute atomic E-state index is 12.3. The Balaban J connectivity index is 1.88. The van der Waals surface area contributed by atoms with Crippen LogP contribution in [0, 0.1) is 6.92 Å². The van der Waals surface area contributed by atoms with Gasteiger partial charge in [-0.2, -0.15) is 5.10 Å². The van der Waals surface area contributed by atoms with Gasteiger partial charge in [-0.3, -0.25) is 14.8 Å². The van der Waals surface area contributed by atoms with E-state index in [1.165, 1.54) is 11.3 Å². The molecule has 1 aromatic carbocycles. The number of nitrogens with one attached hydrogen (secondary N) is 1. The standard InChI is InChI=1S/C14H13ClN4OS/c1-3-19-11(6-8(2)18-19)13(20)17-14-16-10-5-4-9(15)7-12(10)21-14/h4-7H,3H2,1-2H3,(H,16,17,20). The number of fused-ring (bicyclic) bond motifs is 1. The monoisotopic (exact) mass is 320 g/mol. The second-order valence-electron chi connectivity index (χ2n) is 4.57. The van der Waals surface area contributed by atoms with Gasteiger partial charge in [0, 0.05) is 11.6 Å². The summed E-state index contributed by atoms with van der Waals surface area (Å²) in [4.78, 5) is 16.7. The van der Waals surface area contributed by atoms with Crippen molar-refractivity contribution in [2.24, 2.45) is 0 Å². The minimum atomic E-state index is -0.206. The molecule has 2 heterocycles. The fourth-order valence-electron chi connectivity index (χ4n) is 2.08. The Morgan fingerprint density at radius 2 is 2.24 bits per heavy atom. The van der Waals surface area contributed by atoms with Gasteiger partial charge in [-0.05, 0) is 38.1 Å². The van der Waals surface area contributed by atoms with Crippen LogP contribution in [0.25, 0.3) is 10.2 Å². The smallest absolute Gasteiger partial charge is 0.275 e. The lowest BCUT2D eigenvalue weighted by Crippen LogP contribution is -2.17. The van der Waals surface area contributed by atoms with Crippen LogP contribution >= 0.6 is 22.9 Å². The van der Waals surface area contributed by atoms with E-state index < -0.39 is 0 Å². The zero-order valence-electron chi connectivity index (χ0n) is 11.6. The lowest BCUT2D eigenvalue weighted by Gasteiger charge is -2.03. The number of carbonyl (C=O) groups excluding carboxylic acids is 1. The molecular weight excluding hydrogens is 308 g/mol. The van der Waals surface area contributed by atoms with Crippen molar-refractivity contribution < 1.29 is 4.79 Å². The van der Waals surface area contributed by atoms with Crippen LogP contribution < -0.4 is 5.32 Å². The van der Waals surface area contributed by atoms with Crippen molar-refractivity contribution in [2.45, 2.75) is 20.4 Å². The Morgan fingerprint density at radius 3 is 3.00 bits per heavy atom. The SMILES string of the molecule is CCn1nc(C)cc1C(=O)Nc1nc2ccc(Cl)cc2s1. The molecule has 3 aromatic rings. The van der Waals surface area contributed by atoms with E-state index in [4.69, 9.17) is 11.6 Å². The first-order valence-corrected chi connectivity index (χ1v) is 7.68. The van der Waals surface area contributed by atoms with Crippen molar-refractivity contribution in [3.05, 3.63) is 40.7 Å². The van der Waals surface area contributed by atoms with Gasteiger partial charge in [0.1, 0.15) is 5.69 Å². The number of aromatic nitrogens is 3. The largest absolute Gasteiger partial charge is 0.296 e. The van der Waals surface area contributed by atoms with E-state index in [0.29, 0.717) is 22.4 Å². The van der Waals surface area contributed by atoms with Gasteiger partial charge in [-0.15, -0.1) is 0 Å². The number of rotatable bonds is 3. The molecule has 21 heavy (non-hydrogen) atoms. The van der Waals surface area contributed by atoms with Crippen LogP contribution in [0.3, 0.4) is 0 Å². The number of hydrogen-bond donors (Lipinski definition) is 1. The van der Waals surface area contributed by atoms with Crippen LogP contribution in [0.1, 0.15) is 23.1 Å². The van der Waals surface area contributed by atoms with Crippen LogP contribution in [-0.2, 0) is 6.54 Å². The Hall–Kier alpha value is -1.92. The van der Waals surface area contributed by atoms with Gasteiger partial charge >= 0.3 is 0 Å². The number of aryl methyl sites for hydroxylation is 2. The molecule has 0 unspecified atom stereocenters. The van der Waals surface area contributed by atoms with Gasteiger partial charge in [-0.25, -0.2) is 4.98 Å². The first kappa shape index (κ1) is 14.0. The third kappa shape index (κ3) is 2.77. The molecule has 108 valence electrons. The van der Waals surface area contributed by atoms with Gasteiger partial charge in [0.05, 0.1) is 15.9 Å². The van der Waals surface area contributed by atoms with Gasteiger partial charge in [-0.1, -0.05) is 22.9 Å². The van der Waals surface area contributed by atoms with Crippen molar-refractivity contribution in [1.82, 2.24) is 14.8 Å². The molecule has 2 aromatic heterocycles. The molecule has 0 radical (unpaired) electrons. The van der Waals surface area contributed by atoms with Crippen molar-refractivity contribution in [2.75, 3.05) is 5.32 Å². The summed E-state index contributed by atoms with van der Waals surface area (Å²) in [5.74, 6) is -0.206. The molecular formula is C14H13ClN4OS. The zero-order chi connectivity index (χ0) is 15.0. The summed E-state index contributed by atoms with van der Waals surface area (Å²) in [6, 6.07) is 7.22. The Morgan fingerprint density at radius 1 is 1.43 bits per heavy atom. The Bertz CT molecular complexity index is 824. The summed E-state index contributed by atoms with van der Waals surface area (Å²) in [5, 5.41) is 8.30. The Kier molecular flexibility index (Phi) is 3.65. The number of thiazole rings is 1. The number of hydrogen-bond acceptors (Lipinski definition) is 4. The molecule has 0 atom stereocenters. The average Bonchev–Trinajstić information content (AvgIpc) is 3.00. The molecule has 1 amide bonds. The summed E-state index contributed by atoms with van der Waals surface area (Å²) in [7, 11) is 0. The van der Waals surface area contributed by atoms with Gasteiger partial charge in [0.25, 0.3) is 5.91 Å². The molecule has 0 aliphatic rings.